The first kappa shape index (κ1) is 17.5. The Bertz CT molecular complexity index is 730. The van der Waals surface area contributed by atoms with Crippen LogP contribution in [0.1, 0.15) is 17.5 Å². The Labute approximate surface area is 152 Å². The molecule has 1 aromatic carbocycles. The molecule has 0 saturated carbocycles. The summed E-state index contributed by atoms with van der Waals surface area (Å²) < 4.78 is 0. The molecule has 25 heavy (non-hydrogen) atoms. The molecule has 1 saturated heterocycles. The van der Waals surface area contributed by atoms with Crippen molar-refractivity contribution in [2.75, 3.05) is 26.2 Å². The first-order chi connectivity index (χ1) is 12.1. The van der Waals surface area contributed by atoms with Crippen LogP contribution in [0, 0.1) is 0 Å². The van der Waals surface area contributed by atoms with E-state index in [1.54, 1.807) is 6.07 Å². The molecule has 0 bridgehead atoms. The van der Waals surface area contributed by atoms with Gasteiger partial charge in [-0.25, -0.2) is 0 Å². The van der Waals surface area contributed by atoms with Crippen molar-refractivity contribution in [2.24, 2.45) is 0 Å². The van der Waals surface area contributed by atoms with Gasteiger partial charge in [0.05, 0.1) is 12.8 Å². The number of hydrogen-bond acceptors (Lipinski definition) is 2. The van der Waals surface area contributed by atoms with Gasteiger partial charge < -0.3 is 14.8 Å². The number of halogens is 1. The zero-order chi connectivity index (χ0) is 17.6. The van der Waals surface area contributed by atoms with Crippen LogP contribution in [0.25, 0.3) is 0 Å². The molecule has 132 valence electrons. The van der Waals surface area contributed by atoms with Crippen LogP contribution in [0.4, 0.5) is 0 Å². The van der Waals surface area contributed by atoms with E-state index >= 15 is 0 Å². The van der Waals surface area contributed by atoms with Crippen LogP contribution in [-0.2, 0) is 22.4 Å². The Hall–Kier alpha value is -2.27. The second kappa shape index (κ2) is 8.21. The summed E-state index contributed by atoms with van der Waals surface area (Å²) >= 11 is 6.15. The Morgan fingerprint density at radius 3 is 2.28 bits per heavy atom. The fourth-order valence-electron chi connectivity index (χ4n) is 3.09. The quantitative estimate of drug-likeness (QED) is 0.912. The van der Waals surface area contributed by atoms with Gasteiger partial charge in [-0.3, -0.25) is 9.59 Å². The molecule has 0 unspecified atom stereocenters. The van der Waals surface area contributed by atoms with E-state index in [4.69, 9.17) is 11.6 Å². The highest BCUT2D eigenvalue weighted by atomic mass is 35.5. The summed E-state index contributed by atoms with van der Waals surface area (Å²) in [6, 6.07) is 9.34. The molecule has 0 atom stereocenters. The van der Waals surface area contributed by atoms with E-state index in [1.807, 2.05) is 46.5 Å². The molecule has 1 aliphatic rings. The predicted octanol–water partition coefficient (Wildman–Crippen LogP) is 2.51. The van der Waals surface area contributed by atoms with Crippen LogP contribution in [0.15, 0.2) is 42.7 Å². The van der Waals surface area contributed by atoms with Gasteiger partial charge in [-0.05, 0) is 29.7 Å². The summed E-state index contributed by atoms with van der Waals surface area (Å²) in [6.45, 7) is 2.52. The molecule has 0 aliphatic carbocycles. The number of hydrogen-bond donors (Lipinski definition) is 1. The van der Waals surface area contributed by atoms with Crippen LogP contribution < -0.4 is 0 Å². The first-order valence-corrected chi connectivity index (χ1v) is 8.92. The molecule has 3 rings (SSSR count). The lowest BCUT2D eigenvalue weighted by molar-refractivity contribution is -0.132. The highest BCUT2D eigenvalue weighted by molar-refractivity contribution is 6.31. The van der Waals surface area contributed by atoms with Gasteiger partial charge >= 0.3 is 0 Å². The molecule has 2 amide bonds. The zero-order valence-electron chi connectivity index (χ0n) is 14.1. The number of nitrogens with zero attached hydrogens (tertiary/aromatic N) is 2. The second-order valence-electron chi connectivity index (χ2n) is 6.28. The topological polar surface area (TPSA) is 56.4 Å². The third-order valence-corrected chi connectivity index (χ3v) is 4.89. The summed E-state index contributed by atoms with van der Waals surface area (Å²) in [4.78, 5) is 31.6. The minimum Gasteiger partial charge on any atom is -0.367 e. The van der Waals surface area contributed by atoms with E-state index in [0.29, 0.717) is 44.0 Å². The van der Waals surface area contributed by atoms with Gasteiger partial charge in [0, 0.05) is 43.6 Å². The summed E-state index contributed by atoms with van der Waals surface area (Å²) in [5, 5.41) is 0.619. The summed E-state index contributed by atoms with van der Waals surface area (Å²) in [5.74, 6) is 0.174. The monoisotopic (exact) mass is 359 g/mol. The van der Waals surface area contributed by atoms with Gasteiger partial charge in [0.1, 0.15) is 0 Å². The second-order valence-corrected chi connectivity index (χ2v) is 6.69. The molecule has 1 aliphatic heterocycles. The standard InChI is InChI=1S/C19H22ClN3O2/c20-17-5-2-1-4-16(17)13-19(25)23-9-3-8-22(10-11-23)18(24)12-15-6-7-21-14-15/h1-2,4-7,14,21H,3,8-13H2. The predicted molar refractivity (Wildman–Crippen MR) is 97.4 cm³/mol. The number of carbonyl (C=O) groups is 2. The maximum absolute atomic E-state index is 12.6. The van der Waals surface area contributed by atoms with Gasteiger partial charge in [0.25, 0.3) is 0 Å². The molecular weight excluding hydrogens is 338 g/mol. The molecule has 1 aromatic heterocycles. The number of aromatic nitrogens is 1. The van der Waals surface area contributed by atoms with Crippen LogP contribution in [0.3, 0.4) is 0 Å². The van der Waals surface area contributed by atoms with Crippen LogP contribution in [0.2, 0.25) is 5.02 Å². The lowest BCUT2D eigenvalue weighted by Gasteiger charge is -2.22. The molecule has 6 heteroatoms. The van der Waals surface area contributed by atoms with Crippen molar-refractivity contribution in [3.8, 4) is 0 Å². The lowest BCUT2D eigenvalue weighted by Crippen LogP contribution is -2.38. The normalized spacial score (nSPS) is 15.1. The van der Waals surface area contributed by atoms with Crippen molar-refractivity contribution in [1.29, 1.82) is 0 Å². The molecule has 1 N–H and O–H groups in total. The maximum Gasteiger partial charge on any atom is 0.227 e. The molecule has 2 heterocycles. The van der Waals surface area contributed by atoms with Crippen molar-refractivity contribution in [2.45, 2.75) is 19.3 Å². The number of carbonyl (C=O) groups excluding carboxylic acids is 2. The van der Waals surface area contributed by atoms with Crippen LogP contribution in [-0.4, -0.2) is 52.8 Å². The molecule has 0 spiro atoms. The molecule has 5 nitrogen and oxygen atoms in total. The minimum atomic E-state index is 0.0630. The minimum absolute atomic E-state index is 0.0630. The fourth-order valence-corrected chi connectivity index (χ4v) is 3.29. The van der Waals surface area contributed by atoms with Gasteiger partial charge in [0.2, 0.25) is 11.8 Å². The van der Waals surface area contributed by atoms with Gasteiger partial charge in [0.15, 0.2) is 0 Å². The van der Waals surface area contributed by atoms with Crippen molar-refractivity contribution in [1.82, 2.24) is 14.8 Å². The number of rotatable bonds is 4. The van der Waals surface area contributed by atoms with E-state index in [-0.39, 0.29) is 11.8 Å². The number of aromatic amines is 1. The smallest absolute Gasteiger partial charge is 0.227 e. The van der Waals surface area contributed by atoms with Crippen LogP contribution >= 0.6 is 11.6 Å². The summed E-state index contributed by atoms with van der Waals surface area (Å²) in [5.41, 5.74) is 1.83. The molecule has 0 radical (unpaired) electrons. The van der Waals surface area contributed by atoms with Crippen molar-refractivity contribution in [3.05, 3.63) is 58.9 Å². The van der Waals surface area contributed by atoms with E-state index in [1.165, 1.54) is 0 Å². The Kier molecular flexibility index (Phi) is 5.76. The Morgan fingerprint density at radius 2 is 1.64 bits per heavy atom. The average molecular weight is 360 g/mol. The molecular formula is C19H22ClN3O2. The van der Waals surface area contributed by atoms with Crippen molar-refractivity contribution >= 4 is 23.4 Å². The summed E-state index contributed by atoms with van der Waals surface area (Å²) in [7, 11) is 0. The highest BCUT2D eigenvalue weighted by Gasteiger charge is 2.22. The van der Waals surface area contributed by atoms with Crippen molar-refractivity contribution in [3.63, 3.8) is 0 Å². The molecule has 1 fully saturated rings. The third kappa shape index (κ3) is 4.63. The maximum atomic E-state index is 12.6. The van der Waals surface area contributed by atoms with Gasteiger partial charge in [-0.15, -0.1) is 0 Å². The van der Waals surface area contributed by atoms with Crippen LogP contribution in [0.5, 0.6) is 0 Å². The van der Waals surface area contributed by atoms with E-state index < -0.39 is 0 Å². The lowest BCUT2D eigenvalue weighted by atomic mass is 10.1. The average Bonchev–Trinajstić information content (AvgIpc) is 2.98. The summed E-state index contributed by atoms with van der Waals surface area (Å²) in [6.07, 6.45) is 5.16. The van der Waals surface area contributed by atoms with Crippen molar-refractivity contribution < 1.29 is 9.59 Å². The third-order valence-electron chi connectivity index (χ3n) is 4.52. The van der Waals surface area contributed by atoms with E-state index in [9.17, 15) is 9.59 Å². The van der Waals surface area contributed by atoms with Gasteiger partial charge in [-0.2, -0.15) is 0 Å². The van der Waals surface area contributed by atoms with E-state index in [2.05, 4.69) is 4.98 Å². The highest BCUT2D eigenvalue weighted by Crippen LogP contribution is 2.17. The first-order valence-electron chi connectivity index (χ1n) is 8.54. The number of H-pyrrole nitrogens is 1. The Balaban J connectivity index is 1.55. The van der Waals surface area contributed by atoms with Gasteiger partial charge in [-0.1, -0.05) is 29.8 Å². The number of amides is 2. The largest absolute Gasteiger partial charge is 0.367 e. The zero-order valence-corrected chi connectivity index (χ0v) is 14.8. The SMILES string of the molecule is O=C(Cc1cc[nH]c1)N1CCCN(C(=O)Cc2ccccc2Cl)CC1. The Morgan fingerprint density at radius 1 is 0.960 bits per heavy atom. The number of nitrogens with one attached hydrogen (secondary N) is 1. The molecule has 2 aromatic rings. The van der Waals surface area contributed by atoms with E-state index in [0.717, 1.165) is 17.5 Å². The fraction of sp³-hybridized carbons (Fsp3) is 0.368. The number of benzene rings is 1.